The fourth-order valence-corrected chi connectivity index (χ4v) is 2.05. The van der Waals surface area contributed by atoms with Crippen LogP contribution in [0.2, 0.25) is 0 Å². The Morgan fingerprint density at radius 1 is 1.21 bits per heavy atom. The fourth-order valence-electron chi connectivity index (χ4n) is 1.57. The second kappa shape index (κ2) is 5.50. The lowest BCUT2D eigenvalue weighted by Crippen LogP contribution is -1.97. The summed E-state index contributed by atoms with van der Waals surface area (Å²) in [6.45, 7) is 0. The minimum Gasteiger partial charge on any atom is -0.349 e. The van der Waals surface area contributed by atoms with E-state index in [4.69, 9.17) is 5.26 Å². The van der Waals surface area contributed by atoms with Crippen LogP contribution in [-0.2, 0) is 0 Å². The predicted molar refractivity (Wildman–Crippen MR) is 75.2 cm³/mol. The molecular weight excluding hydrogens is 310 g/mol. The van der Waals surface area contributed by atoms with Crippen molar-refractivity contribution in [3.63, 3.8) is 0 Å². The van der Waals surface area contributed by atoms with Crippen LogP contribution in [0.15, 0.2) is 46.9 Å². The number of nitro groups is 1. The maximum atomic E-state index is 10.9. The minimum absolute atomic E-state index is 0.00115. The summed E-state index contributed by atoms with van der Waals surface area (Å²) in [5.74, 6) is 0. The highest BCUT2D eigenvalue weighted by Crippen LogP contribution is 2.31. The first-order valence-electron chi connectivity index (χ1n) is 5.32. The molecule has 0 amide bonds. The van der Waals surface area contributed by atoms with Crippen molar-refractivity contribution in [1.29, 1.82) is 5.26 Å². The van der Waals surface area contributed by atoms with E-state index in [1.165, 1.54) is 6.07 Å². The highest BCUT2D eigenvalue weighted by atomic mass is 79.9. The average Bonchev–Trinajstić information content (AvgIpc) is 2.41. The largest absolute Gasteiger partial charge is 0.349 e. The quantitative estimate of drug-likeness (QED) is 0.686. The van der Waals surface area contributed by atoms with Crippen LogP contribution in [0.4, 0.5) is 17.1 Å². The Labute approximate surface area is 117 Å². The zero-order valence-corrected chi connectivity index (χ0v) is 11.2. The third-order valence-electron chi connectivity index (χ3n) is 2.47. The van der Waals surface area contributed by atoms with Crippen molar-refractivity contribution >= 4 is 33.0 Å². The number of rotatable bonds is 3. The van der Waals surface area contributed by atoms with Gasteiger partial charge in [0.1, 0.15) is 5.69 Å². The Morgan fingerprint density at radius 3 is 2.58 bits per heavy atom. The van der Waals surface area contributed by atoms with Crippen molar-refractivity contribution in [2.75, 3.05) is 5.32 Å². The molecule has 0 atom stereocenters. The number of nitriles is 1. The number of hydrogen-bond donors (Lipinski definition) is 1. The molecule has 2 aromatic carbocycles. The van der Waals surface area contributed by atoms with Gasteiger partial charge in [0.2, 0.25) is 0 Å². The zero-order chi connectivity index (χ0) is 13.8. The number of anilines is 2. The summed E-state index contributed by atoms with van der Waals surface area (Å²) in [6, 6.07) is 13.4. The van der Waals surface area contributed by atoms with Gasteiger partial charge in [-0.2, -0.15) is 5.26 Å². The molecule has 6 heteroatoms. The van der Waals surface area contributed by atoms with Crippen molar-refractivity contribution in [3.05, 3.63) is 62.6 Å². The Balaban J connectivity index is 2.37. The van der Waals surface area contributed by atoms with Gasteiger partial charge in [0.25, 0.3) is 5.69 Å². The normalized spacial score (nSPS) is 9.68. The highest BCUT2D eigenvalue weighted by molar-refractivity contribution is 9.10. The van der Waals surface area contributed by atoms with Gasteiger partial charge in [0, 0.05) is 10.5 Å². The van der Waals surface area contributed by atoms with E-state index in [-0.39, 0.29) is 5.69 Å². The van der Waals surface area contributed by atoms with E-state index in [0.29, 0.717) is 21.4 Å². The number of benzene rings is 2. The molecular formula is C13H8BrN3O2. The Morgan fingerprint density at radius 2 is 1.95 bits per heavy atom. The van der Waals surface area contributed by atoms with E-state index in [1.807, 2.05) is 6.07 Å². The van der Waals surface area contributed by atoms with Gasteiger partial charge in [-0.1, -0.05) is 12.1 Å². The number of halogens is 1. The van der Waals surface area contributed by atoms with Crippen molar-refractivity contribution in [2.45, 2.75) is 0 Å². The number of para-hydroxylation sites is 2. The smallest absolute Gasteiger partial charge is 0.292 e. The number of nitro benzene ring substituents is 1. The second-order valence-corrected chi connectivity index (χ2v) is 4.56. The molecule has 0 aliphatic rings. The lowest BCUT2D eigenvalue weighted by molar-refractivity contribution is -0.383. The monoisotopic (exact) mass is 317 g/mol. The molecule has 0 heterocycles. The molecule has 94 valence electrons. The van der Waals surface area contributed by atoms with E-state index in [2.05, 4.69) is 21.2 Å². The first-order chi connectivity index (χ1) is 9.11. The topological polar surface area (TPSA) is 79.0 Å². The summed E-state index contributed by atoms with van der Waals surface area (Å²) in [6.07, 6.45) is 0. The highest BCUT2D eigenvalue weighted by Gasteiger charge is 2.13. The van der Waals surface area contributed by atoms with Gasteiger partial charge in [-0.3, -0.25) is 10.1 Å². The summed E-state index contributed by atoms with van der Waals surface area (Å²) < 4.78 is 0.671. The SMILES string of the molecule is N#Cc1ccc(Nc2ccccc2[N+](=O)[O-])c(Br)c1. The van der Waals surface area contributed by atoms with Gasteiger partial charge in [0.05, 0.1) is 22.2 Å². The van der Waals surface area contributed by atoms with Gasteiger partial charge in [-0.05, 0) is 40.2 Å². The average molecular weight is 318 g/mol. The zero-order valence-electron chi connectivity index (χ0n) is 9.63. The molecule has 0 saturated heterocycles. The minimum atomic E-state index is -0.445. The lowest BCUT2D eigenvalue weighted by Gasteiger charge is -2.09. The second-order valence-electron chi connectivity index (χ2n) is 3.71. The molecule has 5 nitrogen and oxygen atoms in total. The standard InChI is InChI=1S/C13H8BrN3O2/c14-10-7-9(8-15)5-6-11(10)16-12-3-1-2-4-13(12)17(18)19/h1-7,16H. The van der Waals surface area contributed by atoms with Gasteiger partial charge in [-0.25, -0.2) is 0 Å². The van der Waals surface area contributed by atoms with E-state index >= 15 is 0 Å². The Bertz CT molecular complexity index is 680. The van der Waals surface area contributed by atoms with Crippen LogP contribution in [0, 0.1) is 21.4 Å². The first-order valence-corrected chi connectivity index (χ1v) is 6.11. The van der Waals surface area contributed by atoms with Crippen molar-refractivity contribution in [1.82, 2.24) is 0 Å². The lowest BCUT2D eigenvalue weighted by atomic mass is 10.2. The van der Waals surface area contributed by atoms with Crippen LogP contribution in [0.25, 0.3) is 0 Å². The van der Waals surface area contributed by atoms with Crippen LogP contribution >= 0.6 is 15.9 Å². The Kier molecular flexibility index (Phi) is 3.78. The van der Waals surface area contributed by atoms with Gasteiger partial charge in [0.15, 0.2) is 0 Å². The molecule has 2 rings (SSSR count). The van der Waals surface area contributed by atoms with Crippen molar-refractivity contribution in [2.24, 2.45) is 0 Å². The fraction of sp³-hybridized carbons (Fsp3) is 0. The molecule has 0 spiro atoms. The van der Waals surface area contributed by atoms with Crippen LogP contribution in [0.5, 0.6) is 0 Å². The first kappa shape index (κ1) is 13.1. The number of nitrogens with zero attached hydrogens (tertiary/aromatic N) is 2. The molecule has 0 saturated carbocycles. The van der Waals surface area contributed by atoms with E-state index in [0.717, 1.165) is 0 Å². The third-order valence-corrected chi connectivity index (χ3v) is 3.12. The predicted octanol–water partition coefficient (Wildman–Crippen LogP) is 3.97. The number of nitrogens with one attached hydrogen (secondary N) is 1. The molecule has 19 heavy (non-hydrogen) atoms. The van der Waals surface area contributed by atoms with Gasteiger partial charge < -0.3 is 5.32 Å². The molecule has 0 unspecified atom stereocenters. The molecule has 0 radical (unpaired) electrons. The van der Waals surface area contributed by atoms with Crippen molar-refractivity contribution < 1.29 is 4.92 Å². The molecule has 2 aromatic rings. The summed E-state index contributed by atoms with van der Waals surface area (Å²) in [5, 5.41) is 22.7. The summed E-state index contributed by atoms with van der Waals surface area (Å²) in [5.41, 5.74) is 1.57. The van der Waals surface area contributed by atoms with E-state index < -0.39 is 4.92 Å². The van der Waals surface area contributed by atoms with Crippen molar-refractivity contribution in [3.8, 4) is 6.07 Å². The third kappa shape index (κ3) is 2.89. The summed E-state index contributed by atoms with van der Waals surface area (Å²) in [7, 11) is 0. The van der Waals surface area contributed by atoms with Crippen LogP contribution in [0.3, 0.4) is 0 Å². The van der Waals surface area contributed by atoms with Gasteiger partial charge in [-0.15, -0.1) is 0 Å². The molecule has 0 fully saturated rings. The molecule has 0 aromatic heterocycles. The molecule has 0 aliphatic carbocycles. The number of hydrogen-bond acceptors (Lipinski definition) is 4. The summed E-state index contributed by atoms with van der Waals surface area (Å²) in [4.78, 5) is 10.5. The van der Waals surface area contributed by atoms with E-state index in [1.54, 1.807) is 36.4 Å². The Hall–Kier alpha value is -2.39. The molecule has 1 N–H and O–H groups in total. The van der Waals surface area contributed by atoms with Gasteiger partial charge >= 0.3 is 0 Å². The van der Waals surface area contributed by atoms with Crippen LogP contribution in [0.1, 0.15) is 5.56 Å². The van der Waals surface area contributed by atoms with Crippen LogP contribution in [-0.4, -0.2) is 4.92 Å². The molecule has 0 bridgehead atoms. The molecule has 0 aliphatic heterocycles. The van der Waals surface area contributed by atoms with E-state index in [9.17, 15) is 10.1 Å². The maximum Gasteiger partial charge on any atom is 0.292 e. The van der Waals surface area contributed by atoms with Crippen LogP contribution < -0.4 is 5.32 Å². The summed E-state index contributed by atoms with van der Waals surface area (Å²) >= 11 is 3.32. The maximum absolute atomic E-state index is 10.9.